The first kappa shape index (κ1) is 13.5. The Hall–Kier alpha value is -0.610. The van der Waals surface area contributed by atoms with Gasteiger partial charge in [0, 0.05) is 19.0 Å². The van der Waals surface area contributed by atoms with Gasteiger partial charge in [-0.05, 0) is 34.6 Å². The lowest BCUT2D eigenvalue weighted by atomic mass is 10.1. The SMILES string of the molecule is CC(C)N1CC(OC(C)(C)C)CC1C(=O)O. The predicted molar refractivity (Wildman–Crippen MR) is 62.5 cm³/mol. The summed E-state index contributed by atoms with van der Waals surface area (Å²) < 4.78 is 5.85. The molecule has 1 rings (SSSR count). The van der Waals surface area contributed by atoms with Gasteiger partial charge in [0.15, 0.2) is 0 Å². The normalized spacial score (nSPS) is 27.6. The molecule has 0 amide bonds. The average molecular weight is 229 g/mol. The van der Waals surface area contributed by atoms with Gasteiger partial charge in [-0.1, -0.05) is 0 Å². The van der Waals surface area contributed by atoms with E-state index in [0.29, 0.717) is 13.0 Å². The fraction of sp³-hybridized carbons (Fsp3) is 0.917. The fourth-order valence-corrected chi connectivity index (χ4v) is 2.22. The van der Waals surface area contributed by atoms with E-state index in [9.17, 15) is 4.79 Å². The van der Waals surface area contributed by atoms with Crippen molar-refractivity contribution in [1.82, 2.24) is 4.90 Å². The van der Waals surface area contributed by atoms with Crippen LogP contribution in [0.15, 0.2) is 0 Å². The molecule has 1 fully saturated rings. The summed E-state index contributed by atoms with van der Waals surface area (Å²) in [7, 11) is 0. The van der Waals surface area contributed by atoms with Crippen molar-refractivity contribution in [3.05, 3.63) is 0 Å². The molecule has 0 aromatic rings. The maximum Gasteiger partial charge on any atom is 0.321 e. The van der Waals surface area contributed by atoms with Crippen LogP contribution in [0.4, 0.5) is 0 Å². The molecule has 2 unspecified atom stereocenters. The molecule has 4 heteroatoms. The molecule has 0 radical (unpaired) electrons. The van der Waals surface area contributed by atoms with E-state index in [1.54, 1.807) is 0 Å². The second kappa shape index (κ2) is 4.72. The molecular weight excluding hydrogens is 206 g/mol. The lowest BCUT2D eigenvalue weighted by molar-refractivity contribution is -0.142. The van der Waals surface area contributed by atoms with Crippen molar-refractivity contribution in [1.29, 1.82) is 0 Å². The van der Waals surface area contributed by atoms with Gasteiger partial charge in [-0.25, -0.2) is 0 Å². The van der Waals surface area contributed by atoms with Crippen LogP contribution < -0.4 is 0 Å². The number of rotatable bonds is 3. The van der Waals surface area contributed by atoms with Crippen LogP contribution in [0, 0.1) is 0 Å². The van der Waals surface area contributed by atoms with E-state index in [-0.39, 0.29) is 17.7 Å². The fourth-order valence-electron chi connectivity index (χ4n) is 2.22. The molecule has 0 saturated carbocycles. The van der Waals surface area contributed by atoms with Crippen LogP contribution >= 0.6 is 0 Å². The number of carbonyl (C=O) groups is 1. The maximum atomic E-state index is 11.1. The van der Waals surface area contributed by atoms with Crippen molar-refractivity contribution in [3.8, 4) is 0 Å². The van der Waals surface area contributed by atoms with Crippen LogP contribution in [0.3, 0.4) is 0 Å². The number of nitrogens with zero attached hydrogens (tertiary/aromatic N) is 1. The zero-order valence-corrected chi connectivity index (χ0v) is 10.9. The monoisotopic (exact) mass is 229 g/mol. The van der Waals surface area contributed by atoms with Gasteiger partial charge in [0.25, 0.3) is 0 Å². The third kappa shape index (κ3) is 3.46. The molecule has 0 aromatic heterocycles. The number of likely N-dealkylation sites (tertiary alicyclic amines) is 1. The first-order valence-corrected chi connectivity index (χ1v) is 5.87. The molecule has 16 heavy (non-hydrogen) atoms. The Morgan fingerprint density at radius 1 is 1.44 bits per heavy atom. The number of carboxylic acids is 1. The third-order valence-corrected chi connectivity index (χ3v) is 2.77. The van der Waals surface area contributed by atoms with Crippen molar-refractivity contribution >= 4 is 5.97 Å². The molecule has 0 aliphatic carbocycles. The highest BCUT2D eigenvalue weighted by Gasteiger charge is 2.39. The summed E-state index contributed by atoms with van der Waals surface area (Å²) in [4.78, 5) is 13.1. The van der Waals surface area contributed by atoms with Crippen LogP contribution in [0.25, 0.3) is 0 Å². The smallest absolute Gasteiger partial charge is 0.321 e. The van der Waals surface area contributed by atoms with E-state index < -0.39 is 12.0 Å². The molecule has 94 valence electrons. The van der Waals surface area contributed by atoms with Crippen molar-refractivity contribution in [2.75, 3.05) is 6.54 Å². The largest absolute Gasteiger partial charge is 0.480 e. The van der Waals surface area contributed by atoms with Gasteiger partial charge in [-0.2, -0.15) is 0 Å². The van der Waals surface area contributed by atoms with Gasteiger partial charge >= 0.3 is 5.97 Å². The zero-order chi connectivity index (χ0) is 12.5. The molecule has 4 nitrogen and oxygen atoms in total. The molecule has 1 aliphatic rings. The van der Waals surface area contributed by atoms with Crippen molar-refractivity contribution in [2.24, 2.45) is 0 Å². The summed E-state index contributed by atoms with van der Waals surface area (Å²) in [6, 6.07) is -0.151. The number of carboxylic acid groups (broad SMARTS) is 1. The van der Waals surface area contributed by atoms with Gasteiger partial charge in [-0.15, -0.1) is 0 Å². The van der Waals surface area contributed by atoms with Crippen molar-refractivity contribution in [2.45, 2.75) is 64.8 Å². The van der Waals surface area contributed by atoms with Crippen LogP contribution in [0.2, 0.25) is 0 Å². The summed E-state index contributed by atoms with van der Waals surface area (Å²) >= 11 is 0. The van der Waals surface area contributed by atoms with E-state index in [1.165, 1.54) is 0 Å². The van der Waals surface area contributed by atoms with E-state index in [1.807, 2.05) is 39.5 Å². The summed E-state index contributed by atoms with van der Waals surface area (Å²) in [6.07, 6.45) is 0.619. The zero-order valence-electron chi connectivity index (χ0n) is 10.9. The van der Waals surface area contributed by atoms with Crippen LogP contribution in [-0.4, -0.2) is 46.3 Å². The summed E-state index contributed by atoms with van der Waals surface area (Å²) in [5.41, 5.74) is -0.208. The quantitative estimate of drug-likeness (QED) is 0.801. The molecule has 1 heterocycles. The van der Waals surface area contributed by atoms with E-state index in [2.05, 4.69) is 0 Å². The summed E-state index contributed by atoms with van der Waals surface area (Å²) in [5, 5.41) is 9.15. The molecule has 0 aromatic carbocycles. The number of aliphatic carboxylic acids is 1. The van der Waals surface area contributed by atoms with Crippen molar-refractivity contribution in [3.63, 3.8) is 0 Å². The van der Waals surface area contributed by atoms with E-state index in [0.717, 1.165) is 0 Å². The van der Waals surface area contributed by atoms with E-state index >= 15 is 0 Å². The molecule has 1 aliphatic heterocycles. The molecule has 1 N–H and O–H groups in total. The lowest BCUT2D eigenvalue weighted by Crippen LogP contribution is -2.40. The van der Waals surface area contributed by atoms with Gasteiger partial charge in [0.2, 0.25) is 0 Å². The highest BCUT2D eigenvalue weighted by atomic mass is 16.5. The Bertz CT molecular complexity index is 257. The highest BCUT2D eigenvalue weighted by Crippen LogP contribution is 2.26. The molecule has 0 spiro atoms. The minimum absolute atomic E-state index is 0.0310. The minimum Gasteiger partial charge on any atom is -0.480 e. The van der Waals surface area contributed by atoms with Crippen LogP contribution in [-0.2, 0) is 9.53 Å². The van der Waals surface area contributed by atoms with Gasteiger partial charge in [0.05, 0.1) is 11.7 Å². The molecular formula is C12H23NO3. The third-order valence-electron chi connectivity index (χ3n) is 2.77. The first-order chi connectivity index (χ1) is 7.20. The molecule has 0 bridgehead atoms. The van der Waals surface area contributed by atoms with Crippen LogP contribution in [0.1, 0.15) is 41.0 Å². The first-order valence-electron chi connectivity index (χ1n) is 5.87. The van der Waals surface area contributed by atoms with Gasteiger partial charge < -0.3 is 9.84 Å². The molecule has 1 saturated heterocycles. The maximum absolute atomic E-state index is 11.1. The second-order valence-electron chi connectivity index (χ2n) is 5.73. The number of ether oxygens (including phenoxy) is 1. The Kier molecular flexibility index (Phi) is 3.97. The average Bonchev–Trinajstić information content (AvgIpc) is 2.44. The predicted octanol–water partition coefficient (Wildman–Crippen LogP) is 1.74. The topological polar surface area (TPSA) is 49.8 Å². The number of hydrogen-bond acceptors (Lipinski definition) is 3. The number of hydrogen-bond donors (Lipinski definition) is 1. The van der Waals surface area contributed by atoms with Crippen LogP contribution in [0.5, 0.6) is 0 Å². The second-order valence-corrected chi connectivity index (χ2v) is 5.73. The minimum atomic E-state index is -0.742. The van der Waals surface area contributed by atoms with Gasteiger partial charge in [-0.3, -0.25) is 9.69 Å². The summed E-state index contributed by atoms with van der Waals surface area (Å²) in [5.74, 6) is -0.742. The molecule has 2 atom stereocenters. The van der Waals surface area contributed by atoms with Crippen molar-refractivity contribution < 1.29 is 14.6 Å². The Morgan fingerprint density at radius 3 is 2.31 bits per heavy atom. The lowest BCUT2D eigenvalue weighted by Gasteiger charge is -2.26. The highest BCUT2D eigenvalue weighted by molar-refractivity contribution is 5.74. The van der Waals surface area contributed by atoms with E-state index in [4.69, 9.17) is 9.84 Å². The van der Waals surface area contributed by atoms with Gasteiger partial charge in [0.1, 0.15) is 6.04 Å². The Balaban J connectivity index is 2.66. The standard InChI is InChI=1S/C12H23NO3/c1-8(2)13-7-9(16-12(3,4)5)6-10(13)11(14)15/h8-10H,6-7H2,1-5H3,(H,14,15). The Morgan fingerprint density at radius 2 is 2.00 bits per heavy atom. The Labute approximate surface area is 97.6 Å². The summed E-state index contributed by atoms with van der Waals surface area (Å²) in [6.45, 7) is 10.8.